The Bertz CT molecular complexity index is 1120. The molecule has 2 atom stereocenters. The molecule has 2 aromatic carbocycles. The Morgan fingerprint density at radius 2 is 1.97 bits per heavy atom. The lowest BCUT2D eigenvalue weighted by atomic mass is 9.90. The van der Waals surface area contributed by atoms with Gasteiger partial charge in [-0.2, -0.15) is 0 Å². The second-order valence-electron chi connectivity index (χ2n) is 9.04. The summed E-state index contributed by atoms with van der Waals surface area (Å²) in [6.45, 7) is 4.30. The zero-order chi connectivity index (χ0) is 22.1. The van der Waals surface area contributed by atoms with Gasteiger partial charge in [0.1, 0.15) is 5.82 Å². The molecule has 32 heavy (non-hydrogen) atoms. The van der Waals surface area contributed by atoms with Gasteiger partial charge in [-0.15, -0.1) is 0 Å². The van der Waals surface area contributed by atoms with Crippen LogP contribution in [0.5, 0.6) is 0 Å². The van der Waals surface area contributed by atoms with Crippen LogP contribution < -0.4 is 5.32 Å². The van der Waals surface area contributed by atoms with Gasteiger partial charge in [-0.25, -0.2) is 4.98 Å². The van der Waals surface area contributed by atoms with Crippen molar-refractivity contribution in [3.8, 4) is 0 Å². The molecule has 0 spiro atoms. The number of rotatable bonds is 6. The maximum atomic E-state index is 13.1. The molecule has 0 saturated carbocycles. The standard InChI is InChI=1S/C26H31N3O3/c1-17-28-26-21(7-4-8-23(26)29(17)20-11-13-32-14-12-20)24(30)9-10-25(31)22-15-18-5-2-3-6-19(18)16-27-22/h2-8,20,22,25,27,31H,9-16H2,1H3/t22-,25+/m0/s1. The number of aliphatic hydroxyl groups excluding tert-OH is 1. The number of aliphatic hydroxyl groups is 1. The van der Waals surface area contributed by atoms with Crippen LogP contribution >= 0.6 is 0 Å². The van der Waals surface area contributed by atoms with Gasteiger partial charge in [0.15, 0.2) is 5.78 Å². The molecule has 1 saturated heterocycles. The highest BCUT2D eigenvalue weighted by Gasteiger charge is 2.26. The van der Waals surface area contributed by atoms with E-state index >= 15 is 0 Å². The third kappa shape index (κ3) is 4.10. The molecule has 0 aliphatic carbocycles. The Morgan fingerprint density at radius 1 is 1.19 bits per heavy atom. The Kier molecular flexibility index (Phi) is 6.09. The van der Waals surface area contributed by atoms with Crippen molar-refractivity contribution in [2.45, 2.75) is 63.8 Å². The summed E-state index contributed by atoms with van der Waals surface area (Å²) in [5.74, 6) is 0.986. The van der Waals surface area contributed by atoms with E-state index in [2.05, 4.69) is 28.1 Å². The third-order valence-corrected chi connectivity index (χ3v) is 7.00. The molecular weight excluding hydrogens is 402 g/mol. The number of Topliss-reactive ketones (excluding diaryl/α,β-unsaturated/α-hetero) is 1. The van der Waals surface area contributed by atoms with Crippen LogP contribution in [-0.2, 0) is 17.7 Å². The zero-order valence-corrected chi connectivity index (χ0v) is 18.6. The van der Waals surface area contributed by atoms with Gasteiger partial charge in [0.05, 0.1) is 17.1 Å². The van der Waals surface area contributed by atoms with E-state index in [1.807, 2.05) is 31.2 Å². The van der Waals surface area contributed by atoms with Crippen LogP contribution in [0.3, 0.4) is 0 Å². The van der Waals surface area contributed by atoms with Gasteiger partial charge < -0.3 is 19.7 Å². The summed E-state index contributed by atoms with van der Waals surface area (Å²) in [6, 6.07) is 14.5. The number of fused-ring (bicyclic) bond motifs is 2. The molecule has 3 aromatic rings. The molecule has 2 aliphatic heterocycles. The Hall–Kier alpha value is -2.54. The average molecular weight is 434 g/mol. The van der Waals surface area contributed by atoms with Gasteiger partial charge in [-0.05, 0) is 55.9 Å². The summed E-state index contributed by atoms with van der Waals surface area (Å²) in [5, 5.41) is 14.2. The summed E-state index contributed by atoms with van der Waals surface area (Å²) < 4.78 is 7.79. The third-order valence-electron chi connectivity index (χ3n) is 7.00. The van der Waals surface area contributed by atoms with E-state index in [0.29, 0.717) is 24.4 Å². The lowest BCUT2D eigenvalue weighted by molar-refractivity contribution is 0.0701. The lowest BCUT2D eigenvalue weighted by Crippen LogP contribution is -2.44. The first-order valence-electron chi connectivity index (χ1n) is 11.7. The summed E-state index contributed by atoms with van der Waals surface area (Å²) in [7, 11) is 0. The van der Waals surface area contributed by atoms with Gasteiger partial charge in [-0.1, -0.05) is 30.3 Å². The molecule has 168 valence electrons. The topological polar surface area (TPSA) is 76.4 Å². The number of carbonyl (C=O) groups excluding carboxylic acids is 1. The molecule has 0 amide bonds. The Balaban J connectivity index is 1.29. The molecule has 6 heteroatoms. The van der Waals surface area contributed by atoms with Gasteiger partial charge in [-0.3, -0.25) is 4.79 Å². The summed E-state index contributed by atoms with van der Waals surface area (Å²) in [5.41, 5.74) is 5.02. The molecule has 2 aliphatic rings. The monoisotopic (exact) mass is 433 g/mol. The van der Waals surface area contributed by atoms with E-state index in [0.717, 1.165) is 55.9 Å². The predicted octanol–water partition coefficient (Wildman–Crippen LogP) is 3.73. The van der Waals surface area contributed by atoms with Crippen molar-refractivity contribution >= 4 is 16.8 Å². The van der Waals surface area contributed by atoms with Crippen molar-refractivity contribution < 1.29 is 14.6 Å². The number of ketones is 1. The molecule has 2 N–H and O–H groups in total. The molecule has 0 unspecified atom stereocenters. The summed E-state index contributed by atoms with van der Waals surface area (Å²) in [4.78, 5) is 17.9. The molecule has 0 bridgehead atoms. The highest BCUT2D eigenvalue weighted by molar-refractivity contribution is 6.06. The first kappa shape index (κ1) is 21.3. The van der Waals surface area contributed by atoms with E-state index < -0.39 is 6.10 Å². The maximum Gasteiger partial charge on any atom is 0.165 e. The number of benzene rings is 2. The minimum absolute atomic E-state index is 0.0246. The summed E-state index contributed by atoms with van der Waals surface area (Å²) >= 11 is 0. The molecule has 3 heterocycles. The fourth-order valence-electron chi connectivity index (χ4n) is 5.23. The molecule has 1 fully saturated rings. The van der Waals surface area contributed by atoms with Crippen molar-refractivity contribution in [2.75, 3.05) is 13.2 Å². The molecule has 1 aromatic heterocycles. The van der Waals surface area contributed by atoms with Crippen LogP contribution in [0.1, 0.15) is 59.0 Å². The fraction of sp³-hybridized carbons (Fsp3) is 0.462. The number of imidazole rings is 1. The van der Waals surface area contributed by atoms with Crippen LogP contribution in [0, 0.1) is 6.92 Å². The van der Waals surface area contributed by atoms with Crippen molar-refractivity contribution in [2.24, 2.45) is 0 Å². The number of para-hydroxylation sites is 1. The van der Waals surface area contributed by atoms with Gasteiger partial charge in [0.25, 0.3) is 0 Å². The number of nitrogens with zero attached hydrogens (tertiary/aromatic N) is 2. The summed E-state index contributed by atoms with van der Waals surface area (Å²) in [6.07, 6.45) is 2.91. The maximum absolute atomic E-state index is 13.1. The number of nitrogens with one attached hydrogen (secondary N) is 1. The van der Waals surface area contributed by atoms with E-state index in [-0.39, 0.29) is 11.8 Å². The molecule has 0 radical (unpaired) electrons. The fourth-order valence-corrected chi connectivity index (χ4v) is 5.23. The first-order valence-corrected chi connectivity index (χ1v) is 11.7. The Labute approximate surface area is 188 Å². The first-order chi connectivity index (χ1) is 15.6. The number of ether oxygens (including phenoxy) is 1. The zero-order valence-electron chi connectivity index (χ0n) is 18.6. The minimum atomic E-state index is -0.562. The van der Waals surface area contributed by atoms with Crippen molar-refractivity contribution in [1.82, 2.24) is 14.9 Å². The number of hydrogen-bond acceptors (Lipinski definition) is 5. The van der Waals surface area contributed by atoms with Crippen molar-refractivity contribution in [3.63, 3.8) is 0 Å². The van der Waals surface area contributed by atoms with Crippen LogP contribution in [0.2, 0.25) is 0 Å². The smallest absolute Gasteiger partial charge is 0.165 e. The van der Waals surface area contributed by atoms with Crippen LogP contribution in [0.4, 0.5) is 0 Å². The Morgan fingerprint density at radius 3 is 2.78 bits per heavy atom. The molecule has 5 rings (SSSR count). The minimum Gasteiger partial charge on any atom is -0.391 e. The SMILES string of the molecule is Cc1nc2c(C(=O)CC[C@@H](O)[C@@H]3Cc4ccccc4CN3)cccc2n1C1CCOCC1. The molecular formula is C26H31N3O3. The van der Waals surface area contributed by atoms with Crippen LogP contribution in [0.25, 0.3) is 11.0 Å². The number of carbonyl (C=O) groups is 1. The van der Waals surface area contributed by atoms with E-state index in [4.69, 9.17) is 9.72 Å². The highest BCUT2D eigenvalue weighted by atomic mass is 16.5. The number of hydrogen-bond donors (Lipinski definition) is 2. The molecule has 6 nitrogen and oxygen atoms in total. The van der Waals surface area contributed by atoms with Gasteiger partial charge in [0.2, 0.25) is 0 Å². The van der Waals surface area contributed by atoms with Crippen LogP contribution in [-0.4, -0.2) is 45.8 Å². The average Bonchev–Trinajstić information content (AvgIpc) is 3.18. The number of aryl methyl sites for hydroxylation is 1. The second-order valence-corrected chi connectivity index (χ2v) is 9.04. The van der Waals surface area contributed by atoms with E-state index in [1.54, 1.807) is 0 Å². The van der Waals surface area contributed by atoms with E-state index in [9.17, 15) is 9.90 Å². The van der Waals surface area contributed by atoms with Gasteiger partial charge >= 0.3 is 0 Å². The lowest BCUT2D eigenvalue weighted by Gasteiger charge is -2.29. The van der Waals surface area contributed by atoms with E-state index in [1.165, 1.54) is 11.1 Å². The van der Waals surface area contributed by atoms with Crippen LogP contribution in [0.15, 0.2) is 42.5 Å². The highest BCUT2D eigenvalue weighted by Crippen LogP contribution is 2.30. The predicted molar refractivity (Wildman–Crippen MR) is 124 cm³/mol. The normalized spacial score (nSPS) is 20.2. The van der Waals surface area contributed by atoms with Crippen molar-refractivity contribution in [1.29, 1.82) is 0 Å². The number of aromatic nitrogens is 2. The second kappa shape index (κ2) is 9.14. The van der Waals surface area contributed by atoms with Gasteiger partial charge in [0, 0.05) is 43.8 Å². The van der Waals surface area contributed by atoms with Crippen molar-refractivity contribution in [3.05, 3.63) is 65.0 Å². The quantitative estimate of drug-likeness (QED) is 0.579. The largest absolute Gasteiger partial charge is 0.391 e.